The quantitative estimate of drug-likeness (QED) is 0.172. The van der Waals surface area contributed by atoms with Crippen LogP contribution < -0.4 is 0 Å². The van der Waals surface area contributed by atoms with E-state index in [1.165, 1.54) is 128 Å². The average Bonchev–Trinajstić information content (AvgIpc) is 2.63. The molecule has 0 amide bonds. The molecule has 0 N–H and O–H groups in total. The van der Waals surface area contributed by atoms with E-state index in [1.807, 2.05) is 0 Å². The molecule has 0 radical (unpaired) electrons. The van der Waals surface area contributed by atoms with Crippen LogP contribution in [0.25, 0.3) is 0 Å². The van der Waals surface area contributed by atoms with Gasteiger partial charge in [-0.2, -0.15) is 0 Å². The third kappa shape index (κ3) is 22.4. The first-order chi connectivity index (χ1) is 12.7. The monoisotopic (exact) mass is 403 g/mol. The number of rotatable bonds is 21. The molecule has 0 heterocycles. The fourth-order valence-electron chi connectivity index (χ4n) is 4.04. The minimum absolute atomic E-state index is 0. The Kier molecular flexibility index (Phi) is 26.5. The first-order valence-corrected chi connectivity index (χ1v) is 12.4. The molecule has 0 atom stereocenters. The summed E-state index contributed by atoms with van der Waals surface area (Å²) in [4.78, 5) is 2.48. The van der Waals surface area contributed by atoms with Gasteiger partial charge in [0.2, 0.25) is 0 Å². The molecule has 0 fully saturated rings. The number of unbranched alkanes of at least 4 members (excludes halogenated alkanes) is 16. The summed E-state index contributed by atoms with van der Waals surface area (Å²) in [5.74, 6) is 0. The molecule has 1 nitrogen and oxygen atoms in total. The highest BCUT2D eigenvalue weighted by molar-refractivity contribution is 5.85. The van der Waals surface area contributed by atoms with Gasteiger partial charge in [0, 0.05) is 6.04 Å². The van der Waals surface area contributed by atoms with Crippen LogP contribution in [0.1, 0.15) is 142 Å². The Morgan fingerprint density at radius 3 is 0.963 bits per heavy atom. The minimum atomic E-state index is 0. The second-order valence-electron chi connectivity index (χ2n) is 8.85. The number of hydrogen-bond donors (Lipinski definition) is 0. The summed E-state index contributed by atoms with van der Waals surface area (Å²) < 4.78 is 0. The third-order valence-electron chi connectivity index (χ3n) is 6.01. The molecule has 0 rings (SSSR count). The Hall–Kier alpha value is 0.250. The zero-order chi connectivity index (χ0) is 19.3. The summed E-state index contributed by atoms with van der Waals surface area (Å²) in [7, 11) is 4.57. The van der Waals surface area contributed by atoms with Crippen molar-refractivity contribution in [2.24, 2.45) is 0 Å². The molecule has 2 heteroatoms. The van der Waals surface area contributed by atoms with Gasteiger partial charge in [-0.3, -0.25) is 0 Å². The van der Waals surface area contributed by atoms with Crippen LogP contribution in [0.2, 0.25) is 0 Å². The molecule has 0 unspecified atom stereocenters. The maximum Gasteiger partial charge on any atom is 0.00891 e. The predicted molar refractivity (Wildman–Crippen MR) is 128 cm³/mol. The SMILES string of the molecule is CCCCCCCCCCCC(CCCCCCCCCCC)N(C)C.Cl. The van der Waals surface area contributed by atoms with E-state index in [1.54, 1.807) is 0 Å². The highest BCUT2D eigenvalue weighted by atomic mass is 35.5. The highest BCUT2D eigenvalue weighted by Crippen LogP contribution is 2.17. The number of nitrogens with zero attached hydrogens (tertiary/aromatic N) is 1. The van der Waals surface area contributed by atoms with Crippen LogP contribution in [0.4, 0.5) is 0 Å². The van der Waals surface area contributed by atoms with Crippen molar-refractivity contribution in [3.63, 3.8) is 0 Å². The van der Waals surface area contributed by atoms with Crippen LogP contribution in [0.5, 0.6) is 0 Å². The van der Waals surface area contributed by atoms with Gasteiger partial charge in [0.25, 0.3) is 0 Å². The van der Waals surface area contributed by atoms with Crippen LogP contribution in [0.3, 0.4) is 0 Å². The van der Waals surface area contributed by atoms with E-state index in [0.29, 0.717) is 0 Å². The lowest BCUT2D eigenvalue weighted by molar-refractivity contribution is 0.251. The van der Waals surface area contributed by atoms with Crippen molar-refractivity contribution in [3.8, 4) is 0 Å². The zero-order valence-electron chi connectivity index (χ0n) is 19.6. The number of halogens is 1. The van der Waals surface area contributed by atoms with Crippen LogP contribution >= 0.6 is 12.4 Å². The van der Waals surface area contributed by atoms with Gasteiger partial charge in [0.1, 0.15) is 0 Å². The van der Waals surface area contributed by atoms with Gasteiger partial charge in [0.05, 0.1) is 0 Å². The van der Waals surface area contributed by atoms with Crippen LogP contribution in [-0.2, 0) is 0 Å². The molecule has 0 aliphatic rings. The maximum atomic E-state index is 2.48. The van der Waals surface area contributed by atoms with E-state index in [0.717, 1.165) is 6.04 Å². The van der Waals surface area contributed by atoms with Crippen LogP contribution in [-0.4, -0.2) is 25.0 Å². The minimum Gasteiger partial charge on any atom is -0.306 e. The molecule has 0 saturated heterocycles. The molecule has 0 aliphatic heterocycles. The first kappa shape index (κ1) is 29.5. The number of hydrogen-bond acceptors (Lipinski definition) is 1. The van der Waals surface area contributed by atoms with Crippen molar-refractivity contribution >= 4 is 12.4 Å². The third-order valence-corrected chi connectivity index (χ3v) is 6.01. The second-order valence-corrected chi connectivity index (χ2v) is 8.85. The van der Waals surface area contributed by atoms with Gasteiger partial charge in [-0.1, -0.05) is 129 Å². The smallest absolute Gasteiger partial charge is 0.00891 e. The lowest BCUT2D eigenvalue weighted by atomic mass is 9.99. The van der Waals surface area contributed by atoms with Crippen molar-refractivity contribution < 1.29 is 0 Å². The predicted octanol–water partition coefficient (Wildman–Crippen LogP) is 9.18. The van der Waals surface area contributed by atoms with Gasteiger partial charge in [-0.15, -0.1) is 12.4 Å². The fourth-order valence-corrected chi connectivity index (χ4v) is 4.04. The standard InChI is InChI=1S/C25H53N.ClH/c1-5-7-9-11-13-15-17-19-21-23-25(26(3)4)24-22-20-18-16-14-12-10-8-6-2;/h25H,5-24H2,1-4H3;1H. The second kappa shape index (κ2) is 24.3. The molecule has 166 valence electrons. The largest absolute Gasteiger partial charge is 0.306 e. The van der Waals surface area contributed by atoms with E-state index in [4.69, 9.17) is 0 Å². The van der Waals surface area contributed by atoms with Crippen molar-refractivity contribution in [3.05, 3.63) is 0 Å². The van der Waals surface area contributed by atoms with Crippen molar-refractivity contribution in [1.82, 2.24) is 4.90 Å². The van der Waals surface area contributed by atoms with Gasteiger partial charge < -0.3 is 4.90 Å². The van der Waals surface area contributed by atoms with Gasteiger partial charge in [-0.25, -0.2) is 0 Å². The van der Waals surface area contributed by atoms with E-state index < -0.39 is 0 Å². The fraction of sp³-hybridized carbons (Fsp3) is 1.00. The molecule has 0 aromatic rings. The highest BCUT2D eigenvalue weighted by Gasteiger charge is 2.10. The van der Waals surface area contributed by atoms with Gasteiger partial charge >= 0.3 is 0 Å². The van der Waals surface area contributed by atoms with Crippen molar-refractivity contribution in [2.45, 2.75) is 148 Å². The molecule has 27 heavy (non-hydrogen) atoms. The summed E-state index contributed by atoms with van der Waals surface area (Å²) in [5.41, 5.74) is 0. The Morgan fingerprint density at radius 1 is 0.444 bits per heavy atom. The zero-order valence-corrected chi connectivity index (χ0v) is 20.4. The lowest BCUT2D eigenvalue weighted by Crippen LogP contribution is -2.27. The summed E-state index contributed by atoms with van der Waals surface area (Å²) in [5, 5.41) is 0. The summed E-state index contributed by atoms with van der Waals surface area (Å²) >= 11 is 0. The summed E-state index contributed by atoms with van der Waals surface area (Å²) in [6.07, 6.45) is 28.9. The van der Waals surface area contributed by atoms with E-state index in [-0.39, 0.29) is 12.4 Å². The summed E-state index contributed by atoms with van der Waals surface area (Å²) in [6.45, 7) is 4.60. The van der Waals surface area contributed by atoms with E-state index in [9.17, 15) is 0 Å². The Balaban J connectivity index is 0. The molecule has 0 aromatic heterocycles. The van der Waals surface area contributed by atoms with E-state index >= 15 is 0 Å². The summed E-state index contributed by atoms with van der Waals surface area (Å²) in [6, 6.07) is 0.823. The molecule has 0 saturated carbocycles. The van der Waals surface area contributed by atoms with E-state index in [2.05, 4.69) is 32.8 Å². The van der Waals surface area contributed by atoms with Crippen LogP contribution in [0, 0.1) is 0 Å². The van der Waals surface area contributed by atoms with Crippen molar-refractivity contribution in [2.75, 3.05) is 14.1 Å². The normalized spacial score (nSPS) is 11.3. The molecular weight excluding hydrogens is 350 g/mol. The van der Waals surface area contributed by atoms with Gasteiger partial charge in [-0.05, 0) is 26.9 Å². The molecule has 0 aromatic carbocycles. The lowest BCUT2D eigenvalue weighted by Gasteiger charge is -2.24. The Morgan fingerprint density at radius 2 is 0.704 bits per heavy atom. The Labute approximate surface area is 179 Å². The molecule has 0 spiro atoms. The van der Waals surface area contributed by atoms with Crippen molar-refractivity contribution in [1.29, 1.82) is 0 Å². The molecule has 0 bridgehead atoms. The Bertz CT molecular complexity index is 233. The van der Waals surface area contributed by atoms with Crippen LogP contribution in [0.15, 0.2) is 0 Å². The molecular formula is C25H54ClN. The van der Waals surface area contributed by atoms with Gasteiger partial charge in [0.15, 0.2) is 0 Å². The molecule has 0 aliphatic carbocycles. The average molecular weight is 404 g/mol. The topological polar surface area (TPSA) is 3.24 Å². The maximum absolute atomic E-state index is 2.48. The first-order valence-electron chi connectivity index (χ1n) is 12.4.